The molecule has 0 unspecified atom stereocenters. The summed E-state index contributed by atoms with van der Waals surface area (Å²) in [5, 5.41) is 0. The fraction of sp³-hybridized carbons (Fsp3) is 0.455. The number of aromatic nitrogens is 1. The van der Waals surface area contributed by atoms with Gasteiger partial charge in [-0.05, 0) is 55.4 Å². The number of Topliss-reactive ketones (excluding diaryl/α,β-unsaturated/α-hetero) is 1. The van der Waals surface area contributed by atoms with E-state index in [9.17, 15) is 4.79 Å². The third kappa shape index (κ3) is 5.56. The van der Waals surface area contributed by atoms with Gasteiger partial charge in [0.15, 0.2) is 12.4 Å². The van der Waals surface area contributed by atoms with Crippen molar-refractivity contribution in [2.75, 3.05) is 0 Å². The summed E-state index contributed by atoms with van der Waals surface area (Å²) < 4.78 is 2.07. The van der Waals surface area contributed by atoms with Crippen molar-refractivity contribution in [3.63, 3.8) is 0 Å². The Labute approximate surface area is 176 Å². The first-order valence-corrected chi connectivity index (χ1v) is 9.19. The van der Waals surface area contributed by atoms with Crippen LogP contribution >= 0.6 is 0 Å². The predicted octanol–water partition coefficient (Wildman–Crippen LogP) is 4.45. The van der Waals surface area contributed by atoms with E-state index in [0.717, 1.165) is 0 Å². The minimum atomic E-state index is 0. The molecule has 129 valence electrons. The Balaban J connectivity index is 0.00000225. The zero-order chi connectivity index (χ0) is 16.9. The van der Waals surface area contributed by atoms with Gasteiger partial charge in [-0.25, -0.2) is 0 Å². The first-order valence-electron chi connectivity index (χ1n) is 9.19. The van der Waals surface area contributed by atoms with Gasteiger partial charge >= 0.3 is 0 Å². The largest absolute Gasteiger partial charge is 0.292 e. The van der Waals surface area contributed by atoms with Crippen LogP contribution in [0.4, 0.5) is 0 Å². The summed E-state index contributed by atoms with van der Waals surface area (Å²) in [4.78, 5) is 12.6. The smallest absolute Gasteiger partial charge is 0.206 e. The Morgan fingerprint density at radius 1 is 1.04 bits per heavy atom. The molecule has 1 aliphatic rings. The van der Waals surface area contributed by atoms with Crippen molar-refractivity contribution in [1.82, 2.24) is 0 Å². The number of carbonyl (C=O) groups excluding carboxylic acids is 1. The number of nitrogens with zero attached hydrogens (tertiary/aromatic N) is 1. The van der Waals surface area contributed by atoms with Crippen LogP contribution in [-0.4, -0.2) is 5.78 Å². The second-order valence-corrected chi connectivity index (χ2v) is 7.23. The summed E-state index contributed by atoms with van der Waals surface area (Å²) >= 11 is 0. The van der Waals surface area contributed by atoms with Gasteiger partial charge in [0.1, 0.15) is 0 Å². The number of carbonyl (C=O) groups is 1. The fourth-order valence-electron chi connectivity index (χ4n) is 3.90. The van der Waals surface area contributed by atoms with E-state index in [2.05, 4.69) is 54.9 Å². The normalized spacial score (nSPS) is 14.8. The topological polar surface area (TPSA) is 20.9 Å². The maximum atomic E-state index is 12.6. The van der Waals surface area contributed by atoms with E-state index in [4.69, 9.17) is 0 Å². The van der Waals surface area contributed by atoms with Gasteiger partial charge < -0.3 is 0 Å². The zero-order valence-electron chi connectivity index (χ0n) is 15.5. The predicted molar refractivity (Wildman–Crippen MR) is 97.1 cm³/mol. The Morgan fingerprint density at radius 3 is 2.40 bits per heavy atom. The molecule has 1 aromatic carbocycles. The van der Waals surface area contributed by atoms with Gasteiger partial charge in [-0.1, -0.05) is 37.5 Å². The van der Waals surface area contributed by atoms with E-state index >= 15 is 0 Å². The molecule has 0 N–H and O–H groups in total. The number of benzene rings is 1. The Morgan fingerprint density at radius 2 is 1.72 bits per heavy atom. The summed E-state index contributed by atoms with van der Waals surface area (Å²) in [6.45, 7) is 4.65. The second-order valence-electron chi connectivity index (χ2n) is 7.23. The number of aryl methyl sites for hydroxylation is 2. The van der Waals surface area contributed by atoms with E-state index in [1.165, 1.54) is 54.4 Å². The van der Waals surface area contributed by atoms with Crippen molar-refractivity contribution in [1.29, 1.82) is 0 Å². The first-order chi connectivity index (χ1) is 11.6. The summed E-state index contributed by atoms with van der Waals surface area (Å²) in [6, 6.07) is 10.6. The Kier molecular flexibility index (Phi) is 7.97. The van der Waals surface area contributed by atoms with Crippen molar-refractivity contribution in [2.24, 2.45) is 0 Å². The number of ketones is 1. The third-order valence-corrected chi connectivity index (χ3v) is 5.34. The maximum Gasteiger partial charge on any atom is 0.206 e. The molecular weight excluding hydrogens is 383 g/mol. The number of rotatable bonds is 5. The van der Waals surface area contributed by atoms with Gasteiger partial charge in [-0.3, -0.25) is 4.79 Å². The molecule has 1 aromatic heterocycles. The van der Waals surface area contributed by atoms with Gasteiger partial charge in [0.2, 0.25) is 12.3 Å². The van der Waals surface area contributed by atoms with Crippen LogP contribution in [0, 0.1) is 13.8 Å². The van der Waals surface area contributed by atoms with Crippen LogP contribution in [0.15, 0.2) is 42.7 Å². The average molecular weight is 411 g/mol. The molecule has 1 heterocycles. The maximum absolute atomic E-state index is 12.6. The van der Waals surface area contributed by atoms with Crippen LogP contribution in [-0.2, 0) is 50.5 Å². The molecule has 1 radical (unpaired) electrons. The van der Waals surface area contributed by atoms with Gasteiger partial charge in [0, 0.05) is 50.8 Å². The summed E-state index contributed by atoms with van der Waals surface area (Å²) in [6.07, 6.45) is 11.4. The number of hydrogen-bond acceptors (Lipinski definition) is 1. The van der Waals surface area contributed by atoms with Crippen LogP contribution in [0.25, 0.3) is 0 Å². The van der Waals surface area contributed by atoms with E-state index in [0.29, 0.717) is 18.9 Å². The molecule has 1 aliphatic carbocycles. The van der Waals surface area contributed by atoms with Crippen molar-refractivity contribution in [3.8, 4) is 0 Å². The van der Waals surface area contributed by atoms with Gasteiger partial charge in [0.05, 0.1) is 0 Å². The molecule has 0 aliphatic heterocycles. The van der Waals surface area contributed by atoms with E-state index < -0.39 is 0 Å². The van der Waals surface area contributed by atoms with Crippen LogP contribution in [0.3, 0.4) is 0 Å². The van der Waals surface area contributed by atoms with E-state index in [1.54, 1.807) is 0 Å². The van der Waals surface area contributed by atoms with E-state index in [-0.39, 0.29) is 38.5 Å². The Hall–Kier alpha value is -0.856. The molecule has 0 spiro atoms. The molecule has 0 bridgehead atoms. The standard InChI is InChI=1S/C22H28NO.Y/c1-17-8-6-9-18(2)22(17)14-21(24)16-23-13-7-12-20(15-23)19-10-4-3-5-11-19;/h6-9,12-13,15,19H,3-5,10-11,14,16H2,1-2H3;/q+1;. The summed E-state index contributed by atoms with van der Waals surface area (Å²) in [5.41, 5.74) is 5.01. The van der Waals surface area contributed by atoms with Gasteiger partial charge in [-0.2, -0.15) is 4.57 Å². The molecule has 1 saturated carbocycles. The monoisotopic (exact) mass is 411 g/mol. The minimum absolute atomic E-state index is 0. The van der Waals surface area contributed by atoms with Crippen LogP contribution in [0.2, 0.25) is 0 Å². The Bertz CT molecular complexity index is 699. The zero-order valence-corrected chi connectivity index (χ0v) is 18.3. The van der Waals surface area contributed by atoms with Crippen LogP contribution in [0.5, 0.6) is 0 Å². The first kappa shape index (κ1) is 20.5. The SMILES string of the molecule is Cc1cccc(C)c1CC(=O)C[n+]1cccc(C2CCCCC2)c1.[Y]. The average Bonchev–Trinajstić information content (AvgIpc) is 2.59. The minimum Gasteiger partial charge on any atom is -0.292 e. The van der Waals surface area contributed by atoms with Gasteiger partial charge in [0.25, 0.3) is 0 Å². The molecule has 2 aromatic rings. The quantitative estimate of drug-likeness (QED) is 0.666. The van der Waals surface area contributed by atoms with Crippen LogP contribution in [0.1, 0.15) is 60.3 Å². The molecule has 25 heavy (non-hydrogen) atoms. The fourth-order valence-corrected chi connectivity index (χ4v) is 3.90. The van der Waals surface area contributed by atoms with Crippen molar-refractivity contribution in [3.05, 3.63) is 65.0 Å². The molecule has 0 saturated heterocycles. The van der Waals surface area contributed by atoms with Crippen molar-refractivity contribution < 1.29 is 42.1 Å². The molecule has 3 rings (SSSR count). The third-order valence-electron chi connectivity index (χ3n) is 5.34. The molecule has 0 atom stereocenters. The molecular formula is C22H28NOY+. The van der Waals surface area contributed by atoms with Crippen molar-refractivity contribution >= 4 is 5.78 Å². The molecule has 1 fully saturated rings. The van der Waals surface area contributed by atoms with Crippen molar-refractivity contribution in [2.45, 2.75) is 64.8 Å². The summed E-state index contributed by atoms with van der Waals surface area (Å²) in [5.74, 6) is 0.957. The number of hydrogen-bond donors (Lipinski definition) is 0. The summed E-state index contributed by atoms with van der Waals surface area (Å²) in [7, 11) is 0. The van der Waals surface area contributed by atoms with Gasteiger partial charge in [-0.15, -0.1) is 0 Å². The molecule has 2 nitrogen and oxygen atoms in total. The van der Waals surface area contributed by atoms with Crippen LogP contribution < -0.4 is 4.57 Å². The molecule has 3 heteroatoms. The second kappa shape index (κ2) is 9.73. The van der Waals surface area contributed by atoms with E-state index in [1.807, 2.05) is 6.20 Å². The number of pyridine rings is 1. The molecule has 0 amide bonds.